The molecule has 5 nitrogen and oxygen atoms in total. The van der Waals surface area contributed by atoms with E-state index in [1.807, 2.05) is 0 Å². The lowest BCUT2D eigenvalue weighted by Gasteiger charge is -2.02. The van der Waals surface area contributed by atoms with Crippen LogP contribution >= 0.6 is 11.6 Å². The molecule has 0 aliphatic heterocycles. The minimum atomic E-state index is -0.234. The van der Waals surface area contributed by atoms with E-state index in [0.717, 1.165) is 0 Å². The number of pyridine rings is 1. The van der Waals surface area contributed by atoms with Gasteiger partial charge in [-0.05, 0) is 30.3 Å². The van der Waals surface area contributed by atoms with Crippen molar-refractivity contribution in [2.24, 2.45) is 0 Å². The summed E-state index contributed by atoms with van der Waals surface area (Å²) < 4.78 is 5.46. The van der Waals surface area contributed by atoms with Gasteiger partial charge in [-0.25, -0.2) is 4.98 Å². The number of hydrogen-bond acceptors (Lipinski definition) is 4. The van der Waals surface area contributed by atoms with Gasteiger partial charge in [0.15, 0.2) is 11.2 Å². The second-order valence-corrected chi connectivity index (χ2v) is 4.56. The van der Waals surface area contributed by atoms with E-state index in [1.165, 1.54) is 0 Å². The number of benzene rings is 1. The van der Waals surface area contributed by atoms with E-state index in [4.69, 9.17) is 16.0 Å². The highest BCUT2D eigenvalue weighted by atomic mass is 35.5. The fourth-order valence-electron chi connectivity index (χ4n) is 1.78. The predicted octanol–water partition coefficient (Wildman–Crippen LogP) is 2.81. The van der Waals surface area contributed by atoms with Crippen LogP contribution in [0, 0.1) is 0 Å². The van der Waals surface area contributed by atoms with Gasteiger partial charge in [-0.3, -0.25) is 4.79 Å². The Labute approximate surface area is 119 Å². The first kappa shape index (κ1) is 12.6. The second-order valence-electron chi connectivity index (χ2n) is 4.13. The van der Waals surface area contributed by atoms with Crippen LogP contribution in [0.1, 0.15) is 16.2 Å². The van der Waals surface area contributed by atoms with Gasteiger partial charge < -0.3 is 9.73 Å². The number of oxazole rings is 1. The van der Waals surface area contributed by atoms with E-state index in [0.29, 0.717) is 27.7 Å². The fraction of sp³-hybridized carbons (Fsp3) is 0.0714. The molecule has 0 spiro atoms. The van der Waals surface area contributed by atoms with Crippen molar-refractivity contribution in [3.8, 4) is 0 Å². The molecule has 0 saturated heterocycles. The zero-order chi connectivity index (χ0) is 13.9. The van der Waals surface area contributed by atoms with Crippen LogP contribution in [0.4, 0.5) is 0 Å². The van der Waals surface area contributed by atoms with Crippen molar-refractivity contribution in [1.82, 2.24) is 15.3 Å². The van der Waals surface area contributed by atoms with Crippen LogP contribution in [0.15, 0.2) is 47.0 Å². The smallest absolute Gasteiger partial charge is 0.251 e. The number of hydrogen-bond donors (Lipinski definition) is 1. The van der Waals surface area contributed by atoms with Gasteiger partial charge in [0.25, 0.3) is 5.91 Å². The van der Waals surface area contributed by atoms with Crippen LogP contribution < -0.4 is 5.32 Å². The first-order valence-corrected chi connectivity index (χ1v) is 6.34. The number of aromatic nitrogens is 2. The molecule has 100 valence electrons. The number of carbonyl (C=O) groups is 1. The molecule has 0 atom stereocenters. The summed E-state index contributed by atoms with van der Waals surface area (Å²) in [6, 6.07) is 10.3. The second kappa shape index (κ2) is 5.30. The summed E-state index contributed by atoms with van der Waals surface area (Å²) in [5, 5.41) is 3.24. The summed E-state index contributed by atoms with van der Waals surface area (Å²) in [5.74, 6) is 0.178. The molecule has 6 heteroatoms. The fourth-order valence-corrected chi connectivity index (χ4v) is 1.97. The number of fused-ring (bicyclic) bond motifs is 1. The van der Waals surface area contributed by atoms with Gasteiger partial charge >= 0.3 is 0 Å². The normalized spacial score (nSPS) is 10.7. The zero-order valence-corrected chi connectivity index (χ0v) is 11.1. The zero-order valence-electron chi connectivity index (χ0n) is 10.3. The van der Waals surface area contributed by atoms with E-state index < -0.39 is 0 Å². The van der Waals surface area contributed by atoms with Gasteiger partial charge in [-0.1, -0.05) is 17.7 Å². The maximum Gasteiger partial charge on any atom is 0.251 e. The maximum atomic E-state index is 11.9. The Balaban J connectivity index is 1.71. The number of carbonyl (C=O) groups excluding carboxylic acids is 1. The van der Waals surface area contributed by atoms with Crippen molar-refractivity contribution in [3.63, 3.8) is 0 Å². The van der Waals surface area contributed by atoms with Crippen LogP contribution in [0.25, 0.3) is 11.2 Å². The molecule has 0 unspecified atom stereocenters. The largest absolute Gasteiger partial charge is 0.437 e. The summed E-state index contributed by atoms with van der Waals surface area (Å²) >= 11 is 5.84. The van der Waals surface area contributed by atoms with Crippen LogP contribution in [-0.4, -0.2) is 15.9 Å². The Morgan fingerprint density at radius 1 is 1.30 bits per heavy atom. The van der Waals surface area contributed by atoms with Gasteiger partial charge in [0.2, 0.25) is 5.89 Å². The highest BCUT2D eigenvalue weighted by molar-refractivity contribution is 6.30. The Hall–Kier alpha value is -2.40. The average Bonchev–Trinajstić information content (AvgIpc) is 2.87. The molecule has 2 aromatic heterocycles. The maximum absolute atomic E-state index is 11.9. The molecule has 3 aromatic rings. The van der Waals surface area contributed by atoms with E-state index in [1.54, 1.807) is 42.6 Å². The van der Waals surface area contributed by atoms with Crippen molar-refractivity contribution in [2.75, 3.05) is 0 Å². The quantitative estimate of drug-likeness (QED) is 0.804. The molecule has 1 N–H and O–H groups in total. The highest BCUT2D eigenvalue weighted by Crippen LogP contribution is 2.13. The molecule has 0 aliphatic carbocycles. The predicted molar refractivity (Wildman–Crippen MR) is 74.4 cm³/mol. The summed E-state index contributed by atoms with van der Waals surface area (Å²) in [6.07, 6.45) is 1.64. The van der Waals surface area contributed by atoms with Crippen LogP contribution in [-0.2, 0) is 6.54 Å². The number of halogens is 1. The Morgan fingerprint density at radius 3 is 3.00 bits per heavy atom. The number of amides is 1. The molecule has 1 aromatic carbocycles. The first-order chi connectivity index (χ1) is 9.72. The van der Waals surface area contributed by atoms with Crippen LogP contribution in [0.2, 0.25) is 5.02 Å². The van der Waals surface area contributed by atoms with Gasteiger partial charge in [0.1, 0.15) is 0 Å². The SMILES string of the molecule is O=C(NCc1nc2ncccc2o1)c1cccc(Cl)c1. The molecular formula is C14H10ClN3O2. The molecule has 0 radical (unpaired) electrons. The Morgan fingerprint density at radius 2 is 2.20 bits per heavy atom. The number of nitrogens with zero attached hydrogens (tertiary/aromatic N) is 2. The van der Waals surface area contributed by atoms with E-state index in [2.05, 4.69) is 15.3 Å². The first-order valence-electron chi connectivity index (χ1n) is 5.96. The lowest BCUT2D eigenvalue weighted by atomic mass is 10.2. The number of rotatable bonds is 3. The monoisotopic (exact) mass is 287 g/mol. The number of nitrogens with one attached hydrogen (secondary N) is 1. The average molecular weight is 288 g/mol. The third-order valence-electron chi connectivity index (χ3n) is 2.70. The summed E-state index contributed by atoms with van der Waals surface area (Å²) in [7, 11) is 0. The summed E-state index contributed by atoms with van der Waals surface area (Å²) in [6.45, 7) is 0.196. The van der Waals surface area contributed by atoms with E-state index in [9.17, 15) is 4.79 Å². The molecule has 0 saturated carbocycles. The van der Waals surface area contributed by atoms with E-state index >= 15 is 0 Å². The lowest BCUT2D eigenvalue weighted by Crippen LogP contribution is -2.22. The third kappa shape index (κ3) is 2.62. The summed E-state index contributed by atoms with van der Waals surface area (Å²) in [5.41, 5.74) is 1.62. The minimum absolute atomic E-state index is 0.196. The topological polar surface area (TPSA) is 68.0 Å². The standard InChI is InChI=1S/C14H10ClN3O2/c15-10-4-1-3-9(7-10)14(19)17-8-12-18-13-11(20-12)5-2-6-16-13/h1-7H,8H2,(H,17,19). The van der Waals surface area contributed by atoms with Crippen molar-refractivity contribution >= 4 is 28.7 Å². The molecule has 0 aliphatic rings. The Bertz CT molecular complexity index is 737. The van der Waals surface area contributed by atoms with Gasteiger partial charge in [0, 0.05) is 16.8 Å². The van der Waals surface area contributed by atoms with Gasteiger partial charge in [-0.2, -0.15) is 4.98 Å². The van der Waals surface area contributed by atoms with Crippen LogP contribution in [0.5, 0.6) is 0 Å². The molecule has 1 amide bonds. The summed E-state index contributed by atoms with van der Waals surface area (Å²) in [4.78, 5) is 20.2. The van der Waals surface area contributed by atoms with Crippen molar-refractivity contribution in [1.29, 1.82) is 0 Å². The lowest BCUT2D eigenvalue weighted by molar-refractivity contribution is 0.0947. The van der Waals surface area contributed by atoms with Gasteiger partial charge in [0.05, 0.1) is 6.54 Å². The van der Waals surface area contributed by atoms with Crippen LogP contribution in [0.3, 0.4) is 0 Å². The Kier molecular flexibility index (Phi) is 3.35. The van der Waals surface area contributed by atoms with Crippen molar-refractivity contribution < 1.29 is 9.21 Å². The molecular weight excluding hydrogens is 278 g/mol. The molecule has 0 fully saturated rings. The van der Waals surface area contributed by atoms with Crippen molar-refractivity contribution in [3.05, 3.63) is 59.1 Å². The van der Waals surface area contributed by atoms with Gasteiger partial charge in [-0.15, -0.1) is 0 Å². The molecule has 0 bridgehead atoms. The van der Waals surface area contributed by atoms with Crippen molar-refractivity contribution in [2.45, 2.75) is 6.54 Å². The van der Waals surface area contributed by atoms with E-state index in [-0.39, 0.29) is 12.5 Å². The molecule has 2 heterocycles. The third-order valence-corrected chi connectivity index (χ3v) is 2.93. The molecule has 3 rings (SSSR count). The highest BCUT2D eigenvalue weighted by Gasteiger charge is 2.09. The molecule has 20 heavy (non-hydrogen) atoms. The minimum Gasteiger partial charge on any atom is -0.437 e.